The standard InChI is InChI=1S/C10H22N2O2/c1-8(2)12(5)10(14)9(3)11(4)6-7-13/h8-9,13H,6-7H2,1-5H3. The molecule has 0 heterocycles. The quantitative estimate of drug-likeness (QED) is 0.691. The van der Waals surface area contributed by atoms with Crippen LogP contribution in [0.1, 0.15) is 20.8 Å². The second-order valence-corrected chi connectivity index (χ2v) is 3.92. The Morgan fingerprint density at radius 1 is 1.29 bits per heavy atom. The molecule has 0 saturated heterocycles. The van der Waals surface area contributed by atoms with Gasteiger partial charge in [-0.3, -0.25) is 9.69 Å². The van der Waals surface area contributed by atoms with Crippen LogP contribution in [0.5, 0.6) is 0 Å². The molecule has 0 saturated carbocycles. The summed E-state index contributed by atoms with van der Waals surface area (Å²) < 4.78 is 0. The summed E-state index contributed by atoms with van der Waals surface area (Å²) in [6, 6.07) is 0.0435. The minimum Gasteiger partial charge on any atom is -0.395 e. The Balaban J connectivity index is 4.23. The first kappa shape index (κ1) is 13.4. The molecule has 0 spiro atoms. The van der Waals surface area contributed by atoms with E-state index >= 15 is 0 Å². The molecule has 84 valence electrons. The fourth-order valence-electron chi connectivity index (χ4n) is 1.09. The summed E-state index contributed by atoms with van der Waals surface area (Å²) in [5.74, 6) is 0.0935. The van der Waals surface area contributed by atoms with Gasteiger partial charge in [0.25, 0.3) is 0 Å². The number of aliphatic hydroxyl groups excluding tert-OH is 1. The fraction of sp³-hybridized carbons (Fsp3) is 0.900. The minimum absolute atomic E-state index is 0.0829. The maximum Gasteiger partial charge on any atom is 0.239 e. The van der Waals surface area contributed by atoms with Gasteiger partial charge in [0, 0.05) is 19.6 Å². The number of aliphatic hydroxyl groups is 1. The Kier molecular flexibility index (Phi) is 5.72. The molecule has 1 atom stereocenters. The van der Waals surface area contributed by atoms with Crippen LogP contribution in [-0.2, 0) is 4.79 Å². The summed E-state index contributed by atoms with van der Waals surface area (Å²) in [5, 5.41) is 8.75. The number of amides is 1. The second-order valence-electron chi connectivity index (χ2n) is 3.92. The van der Waals surface area contributed by atoms with Crippen molar-refractivity contribution in [1.29, 1.82) is 0 Å². The number of carbonyl (C=O) groups is 1. The molecular formula is C10H22N2O2. The lowest BCUT2D eigenvalue weighted by Gasteiger charge is -2.29. The van der Waals surface area contributed by atoms with Crippen molar-refractivity contribution < 1.29 is 9.90 Å². The number of nitrogens with zero attached hydrogens (tertiary/aromatic N) is 2. The maximum atomic E-state index is 11.8. The van der Waals surface area contributed by atoms with E-state index in [4.69, 9.17) is 5.11 Å². The first-order chi connectivity index (χ1) is 6.41. The first-order valence-corrected chi connectivity index (χ1v) is 4.99. The zero-order valence-corrected chi connectivity index (χ0v) is 9.82. The molecule has 1 amide bonds. The fourth-order valence-corrected chi connectivity index (χ4v) is 1.09. The SMILES string of the molecule is CC(C(=O)N(C)C(C)C)N(C)CCO. The first-order valence-electron chi connectivity index (χ1n) is 4.99. The van der Waals surface area contributed by atoms with Crippen molar-refractivity contribution in [2.45, 2.75) is 32.9 Å². The van der Waals surface area contributed by atoms with Gasteiger partial charge in [-0.15, -0.1) is 0 Å². The molecule has 0 aromatic carbocycles. The van der Waals surface area contributed by atoms with Crippen molar-refractivity contribution in [3.8, 4) is 0 Å². The van der Waals surface area contributed by atoms with Crippen LogP contribution < -0.4 is 0 Å². The van der Waals surface area contributed by atoms with Gasteiger partial charge in [-0.1, -0.05) is 0 Å². The van der Waals surface area contributed by atoms with Crippen LogP contribution in [0.25, 0.3) is 0 Å². The van der Waals surface area contributed by atoms with Crippen LogP contribution in [0.15, 0.2) is 0 Å². The average Bonchev–Trinajstić information content (AvgIpc) is 2.14. The average molecular weight is 202 g/mol. The highest BCUT2D eigenvalue weighted by Crippen LogP contribution is 2.03. The summed E-state index contributed by atoms with van der Waals surface area (Å²) in [4.78, 5) is 15.4. The molecule has 0 aliphatic heterocycles. The summed E-state index contributed by atoms with van der Waals surface area (Å²) >= 11 is 0. The van der Waals surface area contributed by atoms with Crippen LogP contribution in [0.4, 0.5) is 0 Å². The normalized spacial score (nSPS) is 13.4. The third-order valence-electron chi connectivity index (χ3n) is 2.59. The molecular weight excluding hydrogens is 180 g/mol. The van der Waals surface area contributed by atoms with E-state index in [-0.39, 0.29) is 24.6 Å². The molecule has 0 rings (SSSR count). The molecule has 0 fully saturated rings. The van der Waals surface area contributed by atoms with Gasteiger partial charge in [0.15, 0.2) is 0 Å². The topological polar surface area (TPSA) is 43.8 Å². The van der Waals surface area contributed by atoms with Crippen molar-refractivity contribution >= 4 is 5.91 Å². The Bertz CT molecular complexity index is 183. The van der Waals surface area contributed by atoms with E-state index in [1.54, 1.807) is 11.9 Å². The van der Waals surface area contributed by atoms with Crippen LogP contribution in [0, 0.1) is 0 Å². The highest BCUT2D eigenvalue weighted by molar-refractivity contribution is 5.81. The Morgan fingerprint density at radius 3 is 2.14 bits per heavy atom. The predicted octanol–water partition coefficient (Wildman–Crippen LogP) is 0.166. The van der Waals surface area contributed by atoms with Crippen molar-refractivity contribution in [1.82, 2.24) is 9.80 Å². The smallest absolute Gasteiger partial charge is 0.239 e. The van der Waals surface area contributed by atoms with Crippen molar-refractivity contribution in [3.05, 3.63) is 0 Å². The van der Waals surface area contributed by atoms with Gasteiger partial charge < -0.3 is 10.0 Å². The second kappa shape index (κ2) is 5.98. The monoisotopic (exact) mass is 202 g/mol. The Morgan fingerprint density at radius 2 is 1.79 bits per heavy atom. The highest BCUT2D eigenvalue weighted by Gasteiger charge is 2.22. The number of hydrogen-bond acceptors (Lipinski definition) is 3. The van der Waals surface area contributed by atoms with Crippen molar-refractivity contribution in [3.63, 3.8) is 0 Å². The molecule has 4 heteroatoms. The lowest BCUT2D eigenvalue weighted by molar-refractivity contribution is -0.136. The minimum atomic E-state index is -0.172. The third-order valence-corrected chi connectivity index (χ3v) is 2.59. The van der Waals surface area contributed by atoms with Crippen LogP contribution in [0.3, 0.4) is 0 Å². The third kappa shape index (κ3) is 3.64. The summed E-state index contributed by atoms with van der Waals surface area (Å²) in [6.07, 6.45) is 0. The van der Waals surface area contributed by atoms with Gasteiger partial charge in [-0.2, -0.15) is 0 Å². The van der Waals surface area contributed by atoms with E-state index in [1.807, 2.05) is 32.7 Å². The van der Waals surface area contributed by atoms with E-state index in [0.717, 1.165) is 0 Å². The lowest BCUT2D eigenvalue weighted by Crippen LogP contribution is -2.47. The van der Waals surface area contributed by atoms with E-state index < -0.39 is 0 Å². The molecule has 0 aliphatic carbocycles. The number of hydrogen-bond donors (Lipinski definition) is 1. The van der Waals surface area contributed by atoms with Gasteiger partial charge >= 0.3 is 0 Å². The van der Waals surface area contributed by atoms with E-state index in [9.17, 15) is 4.79 Å². The van der Waals surface area contributed by atoms with Crippen LogP contribution in [0.2, 0.25) is 0 Å². The van der Waals surface area contributed by atoms with Gasteiger partial charge in [0.1, 0.15) is 0 Å². The number of carbonyl (C=O) groups excluding carboxylic acids is 1. The van der Waals surface area contributed by atoms with E-state index in [0.29, 0.717) is 6.54 Å². The predicted molar refractivity (Wildman–Crippen MR) is 57.1 cm³/mol. The van der Waals surface area contributed by atoms with Gasteiger partial charge in [-0.05, 0) is 27.8 Å². The van der Waals surface area contributed by atoms with Gasteiger partial charge in [0.05, 0.1) is 12.6 Å². The lowest BCUT2D eigenvalue weighted by atomic mass is 10.2. The molecule has 4 nitrogen and oxygen atoms in total. The zero-order chi connectivity index (χ0) is 11.3. The van der Waals surface area contributed by atoms with Gasteiger partial charge in [-0.25, -0.2) is 0 Å². The van der Waals surface area contributed by atoms with Crippen LogP contribution in [-0.4, -0.2) is 60.1 Å². The maximum absolute atomic E-state index is 11.8. The Labute approximate surface area is 86.5 Å². The molecule has 0 radical (unpaired) electrons. The number of rotatable bonds is 5. The summed E-state index contributed by atoms with van der Waals surface area (Å²) in [7, 11) is 3.64. The summed E-state index contributed by atoms with van der Waals surface area (Å²) in [6.45, 7) is 6.43. The van der Waals surface area contributed by atoms with Crippen LogP contribution >= 0.6 is 0 Å². The van der Waals surface area contributed by atoms with Crippen molar-refractivity contribution in [2.75, 3.05) is 27.2 Å². The van der Waals surface area contributed by atoms with E-state index in [2.05, 4.69) is 0 Å². The molecule has 0 bridgehead atoms. The summed E-state index contributed by atoms with van der Waals surface area (Å²) in [5.41, 5.74) is 0. The molecule has 0 aromatic heterocycles. The highest BCUT2D eigenvalue weighted by atomic mass is 16.3. The molecule has 0 aromatic rings. The molecule has 1 unspecified atom stereocenters. The molecule has 14 heavy (non-hydrogen) atoms. The van der Waals surface area contributed by atoms with E-state index in [1.165, 1.54) is 0 Å². The molecule has 1 N–H and O–H groups in total. The molecule has 0 aliphatic rings. The Hall–Kier alpha value is -0.610. The largest absolute Gasteiger partial charge is 0.395 e. The van der Waals surface area contributed by atoms with Crippen molar-refractivity contribution in [2.24, 2.45) is 0 Å². The zero-order valence-electron chi connectivity index (χ0n) is 9.82. The van der Waals surface area contributed by atoms with Gasteiger partial charge in [0.2, 0.25) is 5.91 Å². The number of likely N-dealkylation sites (N-methyl/N-ethyl adjacent to an activating group) is 2.